The zero-order valence-corrected chi connectivity index (χ0v) is 11.7. The molecule has 0 spiro atoms. The summed E-state index contributed by atoms with van der Waals surface area (Å²) in [6.07, 6.45) is 3.05. The van der Waals surface area contributed by atoms with Crippen molar-refractivity contribution in [3.63, 3.8) is 0 Å². The van der Waals surface area contributed by atoms with Crippen LogP contribution in [-0.4, -0.2) is 10.2 Å². The Kier molecular flexibility index (Phi) is 2.28. The van der Waals surface area contributed by atoms with Gasteiger partial charge in [-0.15, -0.1) is 0 Å². The van der Waals surface area contributed by atoms with Gasteiger partial charge in [-0.2, -0.15) is 0 Å². The van der Waals surface area contributed by atoms with Crippen LogP contribution in [0.25, 0.3) is 0 Å². The molecule has 0 radical (unpaired) electrons. The SMILES string of the molecule is CC[C@]1(O)Cc2c(C)c3c(c(C)c21)C[C@@]3(O)CC. The summed E-state index contributed by atoms with van der Waals surface area (Å²) < 4.78 is 0. The van der Waals surface area contributed by atoms with Crippen molar-refractivity contribution in [3.05, 3.63) is 33.4 Å². The van der Waals surface area contributed by atoms with E-state index in [9.17, 15) is 10.2 Å². The van der Waals surface area contributed by atoms with Crippen LogP contribution >= 0.6 is 0 Å². The van der Waals surface area contributed by atoms with Gasteiger partial charge in [-0.1, -0.05) is 13.8 Å². The van der Waals surface area contributed by atoms with Gasteiger partial charge in [0, 0.05) is 12.8 Å². The Hall–Kier alpha value is -0.860. The van der Waals surface area contributed by atoms with Gasteiger partial charge in [0.1, 0.15) is 0 Å². The van der Waals surface area contributed by atoms with Crippen molar-refractivity contribution in [1.29, 1.82) is 0 Å². The van der Waals surface area contributed by atoms with Crippen molar-refractivity contribution in [1.82, 2.24) is 0 Å². The third-order valence-electron chi connectivity index (χ3n) is 5.30. The first-order valence-corrected chi connectivity index (χ1v) is 6.98. The van der Waals surface area contributed by atoms with Crippen molar-refractivity contribution < 1.29 is 10.2 Å². The third kappa shape index (κ3) is 1.16. The molecule has 0 saturated carbocycles. The van der Waals surface area contributed by atoms with Crippen LogP contribution in [0.1, 0.15) is 60.1 Å². The standard InChI is InChI=1S/C16H22O2/c1-5-15(17)7-11-10(4)14-12(9(3)13(11)15)8-16(14,18)6-2/h17-18H,5-8H2,1-4H3/t15-,16-/m0/s1. The van der Waals surface area contributed by atoms with Gasteiger partial charge in [0.15, 0.2) is 0 Å². The highest BCUT2D eigenvalue weighted by molar-refractivity contribution is 5.64. The van der Waals surface area contributed by atoms with Crippen LogP contribution in [-0.2, 0) is 24.0 Å². The smallest absolute Gasteiger partial charge is 0.0939 e. The Bertz CT molecular complexity index is 481. The lowest BCUT2D eigenvalue weighted by atomic mass is 9.59. The molecule has 0 saturated heterocycles. The molecule has 3 rings (SSSR count). The minimum absolute atomic E-state index is 0.612. The molecular weight excluding hydrogens is 224 g/mol. The highest BCUT2D eigenvalue weighted by Gasteiger charge is 2.49. The molecule has 0 amide bonds. The predicted molar refractivity (Wildman–Crippen MR) is 71.7 cm³/mol. The summed E-state index contributed by atoms with van der Waals surface area (Å²) in [7, 11) is 0. The summed E-state index contributed by atoms with van der Waals surface area (Å²) in [4.78, 5) is 0. The topological polar surface area (TPSA) is 40.5 Å². The van der Waals surface area contributed by atoms with Gasteiger partial charge in [0.2, 0.25) is 0 Å². The Balaban J connectivity index is 2.22. The lowest BCUT2D eigenvalue weighted by molar-refractivity contribution is -0.00458. The van der Waals surface area contributed by atoms with Gasteiger partial charge >= 0.3 is 0 Å². The summed E-state index contributed by atoms with van der Waals surface area (Å²) in [5, 5.41) is 21.1. The summed E-state index contributed by atoms with van der Waals surface area (Å²) in [5.41, 5.74) is 6.08. The lowest BCUT2D eigenvalue weighted by Gasteiger charge is -2.49. The number of benzene rings is 1. The first kappa shape index (κ1) is 12.2. The van der Waals surface area contributed by atoms with E-state index in [0.717, 1.165) is 36.8 Å². The second-order valence-electron chi connectivity index (χ2n) is 6.08. The largest absolute Gasteiger partial charge is 0.385 e. The van der Waals surface area contributed by atoms with Gasteiger partial charge in [0.25, 0.3) is 0 Å². The van der Waals surface area contributed by atoms with Crippen LogP contribution in [0.15, 0.2) is 0 Å². The van der Waals surface area contributed by atoms with Gasteiger partial charge in [0.05, 0.1) is 11.2 Å². The van der Waals surface area contributed by atoms with Crippen molar-refractivity contribution in [2.45, 2.75) is 64.6 Å². The van der Waals surface area contributed by atoms with Crippen molar-refractivity contribution in [3.8, 4) is 0 Å². The zero-order chi connectivity index (χ0) is 13.3. The van der Waals surface area contributed by atoms with Crippen LogP contribution in [0, 0.1) is 13.8 Å². The fraction of sp³-hybridized carbons (Fsp3) is 0.625. The van der Waals surface area contributed by atoms with Crippen LogP contribution < -0.4 is 0 Å². The maximum Gasteiger partial charge on any atom is 0.0939 e. The Morgan fingerprint density at radius 3 is 1.44 bits per heavy atom. The number of fused-ring (bicyclic) bond motifs is 2. The van der Waals surface area contributed by atoms with E-state index in [2.05, 4.69) is 13.8 Å². The van der Waals surface area contributed by atoms with E-state index >= 15 is 0 Å². The second-order valence-corrected chi connectivity index (χ2v) is 6.08. The van der Waals surface area contributed by atoms with E-state index in [4.69, 9.17) is 0 Å². The minimum atomic E-state index is -0.612. The van der Waals surface area contributed by atoms with Gasteiger partial charge in [-0.3, -0.25) is 0 Å². The van der Waals surface area contributed by atoms with Crippen LogP contribution in [0.3, 0.4) is 0 Å². The molecule has 1 aromatic carbocycles. The Morgan fingerprint density at radius 1 is 0.833 bits per heavy atom. The van der Waals surface area contributed by atoms with Crippen molar-refractivity contribution >= 4 is 0 Å². The third-order valence-corrected chi connectivity index (χ3v) is 5.30. The van der Waals surface area contributed by atoms with E-state index in [-0.39, 0.29) is 0 Å². The van der Waals surface area contributed by atoms with Gasteiger partial charge in [-0.05, 0) is 60.1 Å². The normalized spacial score (nSPS) is 32.3. The zero-order valence-electron chi connectivity index (χ0n) is 11.7. The van der Waals surface area contributed by atoms with E-state index in [1.54, 1.807) is 0 Å². The molecule has 0 aromatic heterocycles. The molecule has 18 heavy (non-hydrogen) atoms. The maximum absolute atomic E-state index is 10.5. The first-order valence-electron chi connectivity index (χ1n) is 6.98. The Morgan fingerprint density at radius 2 is 1.17 bits per heavy atom. The monoisotopic (exact) mass is 246 g/mol. The average molecular weight is 246 g/mol. The molecule has 0 heterocycles. The molecule has 2 nitrogen and oxygen atoms in total. The highest BCUT2D eigenvalue weighted by atomic mass is 16.3. The van der Waals surface area contributed by atoms with E-state index in [0.29, 0.717) is 0 Å². The molecule has 0 fully saturated rings. The molecule has 2 aliphatic rings. The molecule has 2 heteroatoms. The molecule has 2 aliphatic carbocycles. The summed E-state index contributed by atoms with van der Waals surface area (Å²) in [6.45, 7) is 8.29. The molecule has 98 valence electrons. The highest BCUT2D eigenvalue weighted by Crippen LogP contribution is 2.54. The first-order chi connectivity index (χ1) is 8.38. The number of hydrogen-bond acceptors (Lipinski definition) is 2. The predicted octanol–water partition coefficient (Wildman–Crippen LogP) is 2.61. The molecule has 0 bridgehead atoms. The molecular formula is C16H22O2. The van der Waals surface area contributed by atoms with E-state index in [1.807, 2.05) is 13.8 Å². The molecule has 2 atom stereocenters. The molecule has 2 N–H and O–H groups in total. The maximum atomic E-state index is 10.5. The van der Waals surface area contributed by atoms with Gasteiger partial charge in [-0.25, -0.2) is 0 Å². The summed E-state index contributed by atoms with van der Waals surface area (Å²) in [6, 6.07) is 0. The fourth-order valence-electron chi connectivity index (χ4n) is 3.98. The van der Waals surface area contributed by atoms with E-state index < -0.39 is 11.2 Å². The van der Waals surface area contributed by atoms with Gasteiger partial charge < -0.3 is 10.2 Å². The fourth-order valence-corrected chi connectivity index (χ4v) is 3.98. The quantitative estimate of drug-likeness (QED) is 0.842. The number of aliphatic hydroxyl groups is 2. The van der Waals surface area contributed by atoms with Crippen molar-refractivity contribution in [2.75, 3.05) is 0 Å². The second kappa shape index (κ2) is 3.37. The summed E-state index contributed by atoms with van der Waals surface area (Å²) >= 11 is 0. The minimum Gasteiger partial charge on any atom is -0.385 e. The van der Waals surface area contributed by atoms with Crippen LogP contribution in [0.4, 0.5) is 0 Å². The summed E-state index contributed by atoms with van der Waals surface area (Å²) in [5.74, 6) is 0. The molecule has 0 unspecified atom stereocenters. The van der Waals surface area contributed by atoms with Crippen LogP contribution in [0.2, 0.25) is 0 Å². The van der Waals surface area contributed by atoms with Crippen LogP contribution in [0.5, 0.6) is 0 Å². The van der Waals surface area contributed by atoms with E-state index in [1.165, 1.54) is 22.3 Å². The lowest BCUT2D eigenvalue weighted by Crippen LogP contribution is -2.46. The van der Waals surface area contributed by atoms with Crippen molar-refractivity contribution in [2.24, 2.45) is 0 Å². The average Bonchev–Trinajstić information content (AvgIpc) is 2.30. The number of rotatable bonds is 2. The molecule has 0 aliphatic heterocycles. The number of hydrogen-bond donors (Lipinski definition) is 2. The Labute approximate surface area is 109 Å². The molecule has 1 aromatic rings.